The van der Waals surface area contributed by atoms with Crippen molar-refractivity contribution in [3.05, 3.63) is 103 Å². The fourth-order valence-electron chi connectivity index (χ4n) is 4.08. The van der Waals surface area contributed by atoms with Gasteiger partial charge in [0.05, 0.1) is 10.6 Å². The van der Waals surface area contributed by atoms with E-state index in [1.807, 2.05) is 48.5 Å². The van der Waals surface area contributed by atoms with Gasteiger partial charge in [0.1, 0.15) is 16.4 Å². The minimum absolute atomic E-state index is 0.0641. The standard InChI is InChI=1S/C30H19N7O4S/c38-18-40-22-13-15-31-24(17-22)27-34-29(36-30(35-27)41-19-39)28-32-16-14-23(33-28)25-11-12-26(42-25)37(20-7-3-1-4-8-20)21-9-5-2-6-10-21/h1-19H. The maximum absolute atomic E-state index is 11.1. The molecule has 0 atom stereocenters. The van der Waals surface area contributed by atoms with E-state index in [4.69, 9.17) is 14.5 Å². The van der Waals surface area contributed by atoms with Crippen molar-refractivity contribution in [2.45, 2.75) is 0 Å². The first-order valence-corrected chi connectivity index (χ1v) is 13.3. The third-order valence-corrected chi connectivity index (χ3v) is 6.96. The Hall–Kier alpha value is -5.88. The average molecular weight is 574 g/mol. The maximum Gasteiger partial charge on any atom is 0.328 e. The van der Waals surface area contributed by atoms with Crippen LogP contribution in [0.2, 0.25) is 0 Å². The summed E-state index contributed by atoms with van der Waals surface area (Å²) in [5, 5.41) is 0.996. The van der Waals surface area contributed by atoms with Gasteiger partial charge in [0, 0.05) is 29.8 Å². The molecule has 6 aromatic rings. The Labute approximate surface area is 243 Å². The molecule has 4 heterocycles. The van der Waals surface area contributed by atoms with Crippen molar-refractivity contribution in [2.24, 2.45) is 0 Å². The molecule has 12 heteroatoms. The summed E-state index contributed by atoms with van der Waals surface area (Å²) in [4.78, 5) is 51.0. The van der Waals surface area contributed by atoms with Crippen molar-refractivity contribution >= 4 is 40.7 Å². The molecule has 204 valence electrons. The summed E-state index contributed by atoms with van der Waals surface area (Å²) >= 11 is 1.56. The van der Waals surface area contributed by atoms with Crippen LogP contribution in [0.25, 0.3) is 33.7 Å². The number of carbonyl (C=O) groups is 2. The highest BCUT2D eigenvalue weighted by atomic mass is 32.1. The number of benzene rings is 2. The molecule has 0 saturated carbocycles. The van der Waals surface area contributed by atoms with E-state index in [2.05, 4.69) is 54.1 Å². The topological polar surface area (TPSA) is 133 Å². The van der Waals surface area contributed by atoms with Gasteiger partial charge >= 0.3 is 12.5 Å². The van der Waals surface area contributed by atoms with Crippen LogP contribution in [0.5, 0.6) is 11.8 Å². The Bertz CT molecular complexity index is 1810. The molecule has 0 bridgehead atoms. The molecular weight excluding hydrogens is 554 g/mol. The van der Waals surface area contributed by atoms with Gasteiger partial charge in [0.2, 0.25) is 5.82 Å². The Morgan fingerprint density at radius 3 is 2.02 bits per heavy atom. The van der Waals surface area contributed by atoms with Crippen LogP contribution in [-0.4, -0.2) is 42.8 Å². The molecule has 0 aliphatic rings. The molecule has 0 unspecified atom stereocenters. The molecular formula is C30H19N7O4S. The largest absolute Gasteiger partial charge is 0.429 e. The number of hydrogen-bond acceptors (Lipinski definition) is 12. The number of thiophene rings is 1. The number of aromatic nitrogens is 6. The summed E-state index contributed by atoms with van der Waals surface area (Å²) in [5.41, 5.74) is 2.96. The van der Waals surface area contributed by atoms with Crippen molar-refractivity contribution in [1.82, 2.24) is 29.9 Å². The van der Waals surface area contributed by atoms with E-state index in [0.717, 1.165) is 21.3 Å². The molecule has 11 nitrogen and oxygen atoms in total. The third-order valence-electron chi connectivity index (χ3n) is 5.86. The number of ether oxygens (including phenoxy) is 2. The predicted molar refractivity (Wildman–Crippen MR) is 155 cm³/mol. The van der Waals surface area contributed by atoms with Gasteiger partial charge in [-0.2, -0.15) is 9.97 Å². The van der Waals surface area contributed by atoms with Crippen LogP contribution < -0.4 is 14.4 Å². The van der Waals surface area contributed by atoms with Crippen LogP contribution in [0.1, 0.15) is 0 Å². The van der Waals surface area contributed by atoms with Gasteiger partial charge < -0.3 is 14.4 Å². The van der Waals surface area contributed by atoms with Crippen molar-refractivity contribution in [3.63, 3.8) is 0 Å². The van der Waals surface area contributed by atoms with Crippen LogP contribution in [0.15, 0.2) is 103 Å². The summed E-state index contributed by atoms with van der Waals surface area (Å²) in [5.74, 6) is 0.558. The third kappa shape index (κ3) is 5.69. The highest BCUT2D eigenvalue weighted by molar-refractivity contribution is 7.19. The second-order valence-corrected chi connectivity index (χ2v) is 9.54. The molecule has 0 radical (unpaired) electrons. The van der Waals surface area contributed by atoms with Gasteiger partial charge in [-0.1, -0.05) is 36.4 Å². The molecule has 0 amide bonds. The van der Waals surface area contributed by atoms with E-state index < -0.39 is 0 Å². The minimum Gasteiger partial charge on any atom is -0.429 e. The van der Waals surface area contributed by atoms with E-state index in [-0.39, 0.29) is 41.4 Å². The number of nitrogens with zero attached hydrogens (tertiary/aromatic N) is 7. The number of hydrogen-bond donors (Lipinski definition) is 0. The second kappa shape index (κ2) is 12.1. The van der Waals surface area contributed by atoms with Crippen LogP contribution in [0, 0.1) is 0 Å². The monoisotopic (exact) mass is 573 g/mol. The Morgan fingerprint density at radius 1 is 0.619 bits per heavy atom. The van der Waals surface area contributed by atoms with Gasteiger partial charge in [-0.15, -0.1) is 11.3 Å². The molecule has 0 spiro atoms. The van der Waals surface area contributed by atoms with Gasteiger partial charge in [-0.25, -0.2) is 15.0 Å². The summed E-state index contributed by atoms with van der Waals surface area (Å²) in [7, 11) is 0. The molecule has 42 heavy (non-hydrogen) atoms. The zero-order valence-corrected chi connectivity index (χ0v) is 22.5. The van der Waals surface area contributed by atoms with Crippen LogP contribution in [-0.2, 0) is 9.59 Å². The molecule has 0 fully saturated rings. The SMILES string of the molecule is O=COc1ccnc(-c2nc(OC=O)nc(-c3nccc(-c4ccc(N(c5ccccc5)c5ccccc5)s4)n3)n2)c1. The van der Waals surface area contributed by atoms with Crippen molar-refractivity contribution in [1.29, 1.82) is 0 Å². The van der Waals surface area contributed by atoms with Crippen LogP contribution in [0.4, 0.5) is 16.4 Å². The molecule has 0 N–H and O–H groups in total. The smallest absolute Gasteiger partial charge is 0.328 e. The number of pyridine rings is 1. The van der Waals surface area contributed by atoms with E-state index in [1.165, 1.54) is 18.3 Å². The minimum atomic E-state index is -0.262. The summed E-state index contributed by atoms with van der Waals surface area (Å²) < 4.78 is 9.81. The van der Waals surface area contributed by atoms with Gasteiger partial charge in [0.25, 0.3) is 6.47 Å². The van der Waals surface area contributed by atoms with Crippen LogP contribution in [0.3, 0.4) is 0 Å². The number of rotatable bonds is 10. The highest BCUT2D eigenvalue weighted by Gasteiger charge is 2.18. The lowest BCUT2D eigenvalue weighted by Crippen LogP contribution is -2.07. The number of anilines is 3. The van der Waals surface area contributed by atoms with E-state index in [0.29, 0.717) is 12.2 Å². The predicted octanol–water partition coefficient (Wildman–Crippen LogP) is 5.66. The van der Waals surface area contributed by atoms with E-state index in [9.17, 15) is 9.59 Å². The van der Waals surface area contributed by atoms with Crippen LogP contribution >= 0.6 is 11.3 Å². The summed E-state index contributed by atoms with van der Waals surface area (Å²) in [6.45, 7) is 0.505. The number of carbonyl (C=O) groups excluding carboxylic acids is 2. The zero-order chi connectivity index (χ0) is 28.7. The molecule has 6 rings (SSSR count). The molecule has 0 aliphatic heterocycles. The van der Waals surface area contributed by atoms with Crippen molar-refractivity contribution in [3.8, 4) is 45.5 Å². The zero-order valence-electron chi connectivity index (χ0n) is 21.6. The Kier molecular flexibility index (Phi) is 7.59. The van der Waals surface area contributed by atoms with E-state index in [1.54, 1.807) is 23.6 Å². The normalized spacial score (nSPS) is 10.6. The van der Waals surface area contributed by atoms with Gasteiger partial charge in [0.15, 0.2) is 11.6 Å². The van der Waals surface area contributed by atoms with Gasteiger partial charge in [-0.3, -0.25) is 14.6 Å². The molecule has 0 saturated heterocycles. The first kappa shape index (κ1) is 26.3. The first-order chi connectivity index (χ1) is 20.7. The Morgan fingerprint density at radius 2 is 1.31 bits per heavy atom. The lowest BCUT2D eigenvalue weighted by Gasteiger charge is -2.23. The lowest BCUT2D eigenvalue weighted by atomic mass is 10.2. The lowest BCUT2D eigenvalue weighted by molar-refractivity contribution is -0.121. The summed E-state index contributed by atoms with van der Waals surface area (Å²) in [6, 6.07) is 28.7. The Balaban J connectivity index is 1.37. The fourth-order valence-corrected chi connectivity index (χ4v) is 5.09. The number of para-hydroxylation sites is 2. The quantitative estimate of drug-likeness (QED) is 0.188. The molecule has 4 aromatic heterocycles. The summed E-state index contributed by atoms with van der Waals surface area (Å²) in [6.07, 6.45) is 3.03. The fraction of sp³-hybridized carbons (Fsp3) is 0. The second-order valence-electron chi connectivity index (χ2n) is 8.48. The molecule has 2 aromatic carbocycles. The van der Waals surface area contributed by atoms with Crippen molar-refractivity contribution < 1.29 is 19.1 Å². The van der Waals surface area contributed by atoms with Gasteiger partial charge in [-0.05, 0) is 48.5 Å². The average Bonchev–Trinajstić information content (AvgIpc) is 3.52. The maximum atomic E-state index is 11.1. The highest BCUT2D eigenvalue weighted by Crippen LogP contribution is 2.41. The molecule has 0 aliphatic carbocycles. The van der Waals surface area contributed by atoms with Crippen molar-refractivity contribution in [2.75, 3.05) is 4.90 Å². The first-order valence-electron chi connectivity index (χ1n) is 12.5. The van der Waals surface area contributed by atoms with E-state index >= 15 is 0 Å².